The van der Waals surface area contributed by atoms with Crippen LogP contribution < -0.4 is 11.5 Å². The maximum Gasteiger partial charge on any atom is 0.0503 e. The largest absolute Gasteiger partial charge is 0.401 e. The summed E-state index contributed by atoms with van der Waals surface area (Å²) in [6.45, 7) is 2.06. The van der Waals surface area contributed by atoms with E-state index in [4.69, 9.17) is 11.5 Å². The maximum absolute atomic E-state index is 5.68. The summed E-state index contributed by atoms with van der Waals surface area (Å²) in [7, 11) is 0. The van der Waals surface area contributed by atoms with Crippen LogP contribution in [0.25, 0.3) is 0 Å². The summed E-state index contributed by atoms with van der Waals surface area (Å²) in [4.78, 5) is 0. The van der Waals surface area contributed by atoms with Crippen molar-refractivity contribution >= 4 is 0 Å². The van der Waals surface area contributed by atoms with E-state index in [9.17, 15) is 0 Å². The van der Waals surface area contributed by atoms with E-state index in [0.717, 1.165) is 5.70 Å². The molecular formula is C7H12N2. The van der Waals surface area contributed by atoms with Crippen molar-refractivity contribution in [2.75, 3.05) is 0 Å². The normalized spacial score (nSPS) is 34.2. The molecule has 0 fully saturated rings. The molecule has 1 aliphatic rings. The van der Waals surface area contributed by atoms with E-state index in [1.54, 1.807) is 0 Å². The van der Waals surface area contributed by atoms with Gasteiger partial charge in [-0.3, -0.25) is 0 Å². The lowest BCUT2D eigenvalue weighted by atomic mass is 9.95. The van der Waals surface area contributed by atoms with E-state index < -0.39 is 0 Å². The summed E-state index contributed by atoms with van der Waals surface area (Å²) in [6, 6.07) is 0.0231. The topological polar surface area (TPSA) is 52.0 Å². The summed E-state index contributed by atoms with van der Waals surface area (Å²) >= 11 is 0. The number of nitrogens with two attached hydrogens (primary N) is 2. The van der Waals surface area contributed by atoms with Gasteiger partial charge in [0.15, 0.2) is 0 Å². The fourth-order valence-electron chi connectivity index (χ4n) is 0.876. The van der Waals surface area contributed by atoms with Gasteiger partial charge in [-0.1, -0.05) is 19.1 Å². The van der Waals surface area contributed by atoms with Crippen molar-refractivity contribution in [1.82, 2.24) is 0 Å². The highest BCUT2D eigenvalue weighted by Crippen LogP contribution is 2.12. The first-order valence-electron chi connectivity index (χ1n) is 3.11. The lowest BCUT2D eigenvalue weighted by Gasteiger charge is -2.19. The van der Waals surface area contributed by atoms with Gasteiger partial charge in [0.25, 0.3) is 0 Å². The Labute approximate surface area is 55.2 Å². The van der Waals surface area contributed by atoms with Gasteiger partial charge in [-0.2, -0.15) is 0 Å². The Hall–Kier alpha value is -0.760. The summed E-state index contributed by atoms with van der Waals surface area (Å²) in [6.07, 6.45) is 5.86. The fraction of sp³-hybridized carbons (Fsp3) is 0.429. The van der Waals surface area contributed by atoms with Gasteiger partial charge in [0.05, 0.1) is 6.04 Å². The molecule has 0 saturated carbocycles. The number of allylic oxidation sites excluding steroid dienone is 2. The Kier molecular flexibility index (Phi) is 1.58. The average Bonchev–Trinajstić information content (AvgIpc) is 1.83. The van der Waals surface area contributed by atoms with Crippen LogP contribution in [0.15, 0.2) is 23.9 Å². The van der Waals surface area contributed by atoms with Crippen LogP contribution in [0.3, 0.4) is 0 Å². The van der Waals surface area contributed by atoms with Crippen molar-refractivity contribution in [2.24, 2.45) is 17.4 Å². The second-order valence-electron chi connectivity index (χ2n) is 2.44. The van der Waals surface area contributed by atoms with E-state index in [1.165, 1.54) is 0 Å². The highest BCUT2D eigenvalue weighted by molar-refractivity contribution is 5.22. The molecule has 4 N–H and O–H groups in total. The van der Waals surface area contributed by atoms with Crippen LogP contribution in [0.4, 0.5) is 0 Å². The molecular weight excluding hydrogens is 112 g/mol. The van der Waals surface area contributed by atoms with Gasteiger partial charge >= 0.3 is 0 Å². The van der Waals surface area contributed by atoms with Crippen LogP contribution in [0.2, 0.25) is 0 Å². The Morgan fingerprint density at radius 2 is 2.22 bits per heavy atom. The first kappa shape index (κ1) is 6.36. The van der Waals surface area contributed by atoms with Gasteiger partial charge in [-0.25, -0.2) is 0 Å². The molecule has 0 aromatic rings. The number of rotatable bonds is 0. The monoisotopic (exact) mass is 124 g/mol. The molecule has 0 aromatic heterocycles. The first-order chi connectivity index (χ1) is 4.22. The van der Waals surface area contributed by atoms with Crippen LogP contribution in [0.1, 0.15) is 6.92 Å². The van der Waals surface area contributed by atoms with Gasteiger partial charge in [0.2, 0.25) is 0 Å². The van der Waals surface area contributed by atoms with E-state index >= 15 is 0 Å². The quantitative estimate of drug-likeness (QED) is 0.490. The van der Waals surface area contributed by atoms with E-state index in [0.29, 0.717) is 5.92 Å². The maximum atomic E-state index is 5.68. The molecule has 50 valence electrons. The molecule has 0 aromatic carbocycles. The molecule has 9 heavy (non-hydrogen) atoms. The van der Waals surface area contributed by atoms with E-state index in [-0.39, 0.29) is 6.04 Å². The summed E-state index contributed by atoms with van der Waals surface area (Å²) in [5.74, 6) is 0.384. The minimum absolute atomic E-state index is 0.0231. The molecule has 2 nitrogen and oxygen atoms in total. The Balaban J connectivity index is 2.73. The molecule has 0 heterocycles. The molecule has 0 aliphatic heterocycles. The highest BCUT2D eigenvalue weighted by atomic mass is 14.8. The molecule has 2 atom stereocenters. The fourth-order valence-corrected chi connectivity index (χ4v) is 0.876. The molecule has 1 aliphatic carbocycles. The first-order valence-corrected chi connectivity index (χ1v) is 3.11. The Bertz CT molecular complexity index is 158. The summed E-state index contributed by atoms with van der Waals surface area (Å²) < 4.78 is 0. The molecule has 1 rings (SSSR count). The minimum Gasteiger partial charge on any atom is -0.401 e. The Morgan fingerprint density at radius 3 is 2.67 bits per heavy atom. The molecule has 2 heteroatoms. The van der Waals surface area contributed by atoms with Crippen LogP contribution in [0.5, 0.6) is 0 Å². The van der Waals surface area contributed by atoms with Crippen LogP contribution in [0, 0.1) is 5.92 Å². The third kappa shape index (κ3) is 1.13. The Morgan fingerprint density at radius 1 is 1.56 bits per heavy atom. The summed E-state index contributed by atoms with van der Waals surface area (Å²) in [5.41, 5.74) is 12.0. The second-order valence-corrected chi connectivity index (χ2v) is 2.44. The second kappa shape index (κ2) is 2.23. The molecule has 2 unspecified atom stereocenters. The van der Waals surface area contributed by atoms with Crippen LogP contribution in [-0.4, -0.2) is 6.04 Å². The zero-order chi connectivity index (χ0) is 6.85. The van der Waals surface area contributed by atoms with Crippen LogP contribution in [-0.2, 0) is 0 Å². The van der Waals surface area contributed by atoms with Crippen molar-refractivity contribution < 1.29 is 0 Å². The van der Waals surface area contributed by atoms with Crippen molar-refractivity contribution in [2.45, 2.75) is 13.0 Å². The van der Waals surface area contributed by atoms with Gasteiger partial charge in [-0.05, 0) is 12.0 Å². The third-order valence-corrected chi connectivity index (χ3v) is 1.65. The molecule has 0 spiro atoms. The predicted molar refractivity (Wildman–Crippen MR) is 38.5 cm³/mol. The van der Waals surface area contributed by atoms with Gasteiger partial charge in [0, 0.05) is 5.70 Å². The van der Waals surface area contributed by atoms with E-state index in [2.05, 4.69) is 13.0 Å². The number of hydrogen-bond acceptors (Lipinski definition) is 2. The highest BCUT2D eigenvalue weighted by Gasteiger charge is 2.13. The van der Waals surface area contributed by atoms with Crippen molar-refractivity contribution in [3.05, 3.63) is 23.9 Å². The molecule has 0 bridgehead atoms. The molecule has 0 amide bonds. The standard InChI is InChI=1S/C7H12N2/c1-5-3-2-4-6(8)7(5)9/h2-5,7H,8-9H2,1H3. The van der Waals surface area contributed by atoms with Crippen LogP contribution >= 0.6 is 0 Å². The van der Waals surface area contributed by atoms with Crippen molar-refractivity contribution in [3.8, 4) is 0 Å². The third-order valence-electron chi connectivity index (χ3n) is 1.65. The number of hydrogen-bond donors (Lipinski definition) is 2. The van der Waals surface area contributed by atoms with Gasteiger partial charge < -0.3 is 11.5 Å². The van der Waals surface area contributed by atoms with Gasteiger partial charge in [-0.15, -0.1) is 0 Å². The summed E-state index contributed by atoms with van der Waals surface area (Å²) in [5, 5.41) is 0. The zero-order valence-electron chi connectivity index (χ0n) is 5.54. The zero-order valence-corrected chi connectivity index (χ0v) is 5.54. The van der Waals surface area contributed by atoms with Crippen molar-refractivity contribution in [1.29, 1.82) is 0 Å². The minimum atomic E-state index is 0.0231. The predicted octanol–water partition coefficient (Wildman–Crippen LogP) is 0.362. The average molecular weight is 124 g/mol. The SMILES string of the molecule is CC1C=CC=C(N)C1N. The van der Waals surface area contributed by atoms with E-state index in [1.807, 2.05) is 12.2 Å². The van der Waals surface area contributed by atoms with Crippen molar-refractivity contribution in [3.63, 3.8) is 0 Å². The van der Waals surface area contributed by atoms with Gasteiger partial charge in [0.1, 0.15) is 0 Å². The molecule has 0 saturated heterocycles. The smallest absolute Gasteiger partial charge is 0.0503 e. The molecule has 0 radical (unpaired) electrons. The lowest BCUT2D eigenvalue weighted by molar-refractivity contribution is 0.591. The lowest BCUT2D eigenvalue weighted by Crippen LogP contribution is -2.34.